The third-order valence-electron chi connectivity index (χ3n) is 3.59. The highest BCUT2D eigenvalue weighted by Crippen LogP contribution is 2.21. The number of amides is 1. The van der Waals surface area contributed by atoms with Crippen LogP contribution in [0.5, 0.6) is 0 Å². The van der Waals surface area contributed by atoms with Crippen LogP contribution in [0.3, 0.4) is 0 Å². The van der Waals surface area contributed by atoms with E-state index < -0.39 is 5.60 Å². The Morgan fingerprint density at radius 2 is 1.91 bits per heavy atom. The van der Waals surface area contributed by atoms with Gasteiger partial charge >= 0.3 is 6.09 Å². The summed E-state index contributed by atoms with van der Waals surface area (Å²) < 4.78 is 5.27. The van der Waals surface area contributed by atoms with Gasteiger partial charge in [-0.05, 0) is 57.2 Å². The Morgan fingerprint density at radius 3 is 2.43 bits per heavy atom. The normalized spacial score (nSPS) is 12.9. The maximum absolute atomic E-state index is 11.8. The van der Waals surface area contributed by atoms with E-state index in [2.05, 4.69) is 24.5 Å². The molecule has 1 unspecified atom stereocenters. The molecule has 5 heteroatoms. The highest BCUT2D eigenvalue weighted by molar-refractivity contribution is 6.31. The number of aryl methyl sites for hydroxylation is 1. The van der Waals surface area contributed by atoms with Gasteiger partial charge in [0.15, 0.2) is 0 Å². The van der Waals surface area contributed by atoms with Crippen LogP contribution in [0.25, 0.3) is 0 Å². The van der Waals surface area contributed by atoms with Crippen molar-refractivity contribution in [1.82, 2.24) is 5.32 Å². The van der Waals surface area contributed by atoms with Crippen LogP contribution in [-0.2, 0) is 4.74 Å². The molecule has 130 valence electrons. The first-order valence-corrected chi connectivity index (χ1v) is 8.43. The van der Waals surface area contributed by atoms with Gasteiger partial charge in [-0.15, -0.1) is 0 Å². The van der Waals surface area contributed by atoms with E-state index in [-0.39, 0.29) is 6.09 Å². The van der Waals surface area contributed by atoms with E-state index in [0.29, 0.717) is 18.4 Å². The Bertz CT molecular complexity index is 524. The van der Waals surface area contributed by atoms with Gasteiger partial charge in [0.05, 0.1) is 0 Å². The fraction of sp³-hybridized carbons (Fsp3) is 0.611. The molecule has 0 saturated heterocycles. The Morgan fingerprint density at radius 1 is 1.26 bits per heavy atom. The second-order valence-corrected chi connectivity index (χ2v) is 7.64. The monoisotopic (exact) mass is 340 g/mol. The number of benzene rings is 1. The molecule has 0 aromatic heterocycles. The van der Waals surface area contributed by atoms with E-state index >= 15 is 0 Å². The number of rotatable bonds is 6. The summed E-state index contributed by atoms with van der Waals surface area (Å²) in [5, 5.41) is 6.99. The Balaban J connectivity index is 2.52. The molecule has 0 bridgehead atoms. The van der Waals surface area contributed by atoms with E-state index in [9.17, 15) is 4.79 Å². The second-order valence-electron chi connectivity index (χ2n) is 7.23. The first-order chi connectivity index (χ1) is 10.6. The van der Waals surface area contributed by atoms with Crippen LogP contribution in [0.4, 0.5) is 10.5 Å². The van der Waals surface area contributed by atoms with Crippen molar-refractivity contribution >= 4 is 23.4 Å². The Hall–Kier alpha value is -1.42. The van der Waals surface area contributed by atoms with Crippen LogP contribution >= 0.6 is 11.6 Å². The molecule has 0 aliphatic heterocycles. The number of carbonyl (C=O) groups is 1. The molecular weight excluding hydrogens is 312 g/mol. The first kappa shape index (κ1) is 19.6. The molecule has 23 heavy (non-hydrogen) atoms. The van der Waals surface area contributed by atoms with Crippen molar-refractivity contribution in [1.29, 1.82) is 0 Å². The molecule has 1 aromatic carbocycles. The largest absolute Gasteiger partial charge is 0.444 e. The number of alkyl carbamates (subject to hydrolysis) is 1. The molecule has 1 rings (SSSR count). The Kier molecular flexibility index (Phi) is 7.20. The fourth-order valence-electron chi connectivity index (χ4n) is 2.02. The minimum atomic E-state index is -0.478. The van der Waals surface area contributed by atoms with E-state index in [1.54, 1.807) is 0 Å². The second kappa shape index (κ2) is 8.44. The van der Waals surface area contributed by atoms with Gasteiger partial charge in [0.1, 0.15) is 5.60 Å². The molecule has 2 N–H and O–H groups in total. The van der Waals surface area contributed by atoms with Crippen molar-refractivity contribution in [3.8, 4) is 0 Å². The summed E-state index contributed by atoms with van der Waals surface area (Å²) in [6.45, 7) is 13.2. The summed E-state index contributed by atoms with van der Waals surface area (Å²) >= 11 is 6.14. The molecule has 4 nitrogen and oxygen atoms in total. The van der Waals surface area contributed by atoms with Crippen molar-refractivity contribution in [3.05, 3.63) is 28.8 Å². The lowest BCUT2D eigenvalue weighted by molar-refractivity contribution is 0.0516. The molecule has 0 aliphatic carbocycles. The fourth-order valence-corrected chi connectivity index (χ4v) is 2.20. The number of nitrogens with one attached hydrogen (secondary N) is 2. The van der Waals surface area contributed by atoms with E-state index in [0.717, 1.165) is 22.8 Å². The predicted octanol–water partition coefficient (Wildman–Crippen LogP) is 4.86. The number of halogens is 1. The van der Waals surface area contributed by atoms with Crippen LogP contribution in [0.1, 0.15) is 40.2 Å². The van der Waals surface area contributed by atoms with Gasteiger partial charge in [0, 0.05) is 23.8 Å². The average molecular weight is 341 g/mol. The summed E-state index contributed by atoms with van der Waals surface area (Å²) in [5.41, 5.74) is 1.57. The smallest absolute Gasteiger partial charge is 0.407 e. The molecule has 1 aromatic rings. The summed E-state index contributed by atoms with van der Waals surface area (Å²) in [5.74, 6) is 0.723. The van der Waals surface area contributed by atoms with Gasteiger partial charge in [-0.3, -0.25) is 0 Å². The zero-order chi connectivity index (χ0) is 17.6. The quantitative estimate of drug-likeness (QED) is 0.777. The standard InChI is InChI=1S/C18H29ClN2O2/c1-12(2)14(11-21-17(22)23-18(4,5)6)10-20-15-8-7-13(3)16(19)9-15/h7-9,12,14,20H,10-11H2,1-6H3,(H,21,22). The van der Waals surface area contributed by atoms with Crippen molar-refractivity contribution < 1.29 is 9.53 Å². The van der Waals surface area contributed by atoms with Crippen LogP contribution < -0.4 is 10.6 Å². The lowest BCUT2D eigenvalue weighted by Crippen LogP contribution is -2.38. The zero-order valence-electron chi connectivity index (χ0n) is 15.0. The average Bonchev–Trinajstić information content (AvgIpc) is 2.40. The molecule has 0 aliphatic rings. The summed E-state index contributed by atoms with van der Waals surface area (Å²) in [7, 11) is 0. The highest BCUT2D eigenvalue weighted by Gasteiger charge is 2.19. The van der Waals surface area contributed by atoms with Crippen LogP contribution in [0, 0.1) is 18.8 Å². The van der Waals surface area contributed by atoms with Crippen molar-refractivity contribution in [2.45, 2.75) is 47.1 Å². The van der Waals surface area contributed by atoms with Gasteiger partial charge in [-0.1, -0.05) is 31.5 Å². The van der Waals surface area contributed by atoms with Crippen LogP contribution in [-0.4, -0.2) is 24.8 Å². The minimum absolute atomic E-state index is 0.294. The summed E-state index contributed by atoms with van der Waals surface area (Å²) in [4.78, 5) is 11.8. The van der Waals surface area contributed by atoms with Gasteiger partial charge < -0.3 is 15.4 Å². The van der Waals surface area contributed by atoms with Gasteiger partial charge in [-0.2, -0.15) is 0 Å². The van der Waals surface area contributed by atoms with Gasteiger partial charge in [0.25, 0.3) is 0 Å². The molecule has 0 saturated carbocycles. The number of hydrogen-bond donors (Lipinski definition) is 2. The lowest BCUT2D eigenvalue weighted by Gasteiger charge is -2.24. The summed E-state index contributed by atoms with van der Waals surface area (Å²) in [6.07, 6.45) is -0.374. The topological polar surface area (TPSA) is 50.4 Å². The minimum Gasteiger partial charge on any atom is -0.444 e. The third-order valence-corrected chi connectivity index (χ3v) is 4.00. The summed E-state index contributed by atoms with van der Waals surface area (Å²) in [6, 6.07) is 5.93. The van der Waals surface area contributed by atoms with Gasteiger partial charge in [-0.25, -0.2) is 4.79 Å². The molecule has 0 fully saturated rings. The highest BCUT2D eigenvalue weighted by atomic mass is 35.5. The first-order valence-electron chi connectivity index (χ1n) is 8.05. The number of ether oxygens (including phenoxy) is 1. The molecule has 1 atom stereocenters. The molecular formula is C18H29ClN2O2. The molecule has 0 spiro atoms. The van der Waals surface area contributed by atoms with Crippen molar-refractivity contribution in [2.75, 3.05) is 18.4 Å². The van der Waals surface area contributed by atoms with Gasteiger partial charge in [0.2, 0.25) is 0 Å². The maximum atomic E-state index is 11.8. The molecule has 1 amide bonds. The predicted molar refractivity (Wildman–Crippen MR) is 97.2 cm³/mol. The zero-order valence-corrected chi connectivity index (χ0v) is 15.8. The van der Waals surface area contributed by atoms with Crippen molar-refractivity contribution in [2.24, 2.45) is 11.8 Å². The molecule has 0 radical (unpaired) electrons. The van der Waals surface area contributed by atoms with E-state index in [1.165, 1.54) is 0 Å². The lowest BCUT2D eigenvalue weighted by atomic mass is 9.95. The van der Waals surface area contributed by atoms with Crippen LogP contribution in [0.2, 0.25) is 5.02 Å². The van der Waals surface area contributed by atoms with Crippen molar-refractivity contribution in [3.63, 3.8) is 0 Å². The van der Waals surface area contributed by atoms with Crippen LogP contribution in [0.15, 0.2) is 18.2 Å². The number of carbonyl (C=O) groups excluding carboxylic acids is 1. The SMILES string of the molecule is Cc1ccc(NCC(CNC(=O)OC(C)(C)C)C(C)C)cc1Cl. The molecule has 0 heterocycles. The van der Waals surface area contributed by atoms with E-state index in [4.69, 9.17) is 16.3 Å². The number of anilines is 1. The van der Waals surface area contributed by atoms with E-state index in [1.807, 2.05) is 45.9 Å². The third kappa shape index (κ3) is 7.60. The Labute approximate surface area is 144 Å². The maximum Gasteiger partial charge on any atom is 0.407 e. The number of hydrogen-bond acceptors (Lipinski definition) is 3.